The van der Waals surface area contributed by atoms with Gasteiger partial charge >= 0.3 is 0 Å². The zero-order valence-electron chi connectivity index (χ0n) is 12.5. The predicted octanol–water partition coefficient (Wildman–Crippen LogP) is 1.85. The van der Waals surface area contributed by atoms with Crippen molar-refractivity contribution in [2.75, 3.05) is 13.7 Å². The van der Waals surface area contributed by atoms with E-state index in [1.165, 1.54) is 11.8 Å². The smallest absolute Gasteiger partial charge is 0.258 e. The molecule has 0 spiro atoms. The Kier molecular flexibility index (Phi) is 4.44. The third kappa shape index (κ3) is 3.00. The molecule has 0 aliphatic carbocycles. The number of hydrogen-bond acceptors (Lipinski definition) is 6. The first-order valence-corrected chi connectivity index (χ1v) is 7.98. The fraction of sp³-hybridized carbons (Fsp3) is 0.400. The average Bonchev–Trinajstić information content (AvgIpc) is 2.96. The highest BCUT2D eigenvalue weighted by Gasteiger charge is 2.19. The molecule has 0 saturated carbocycles. The van der Waals surface area contributed by atoms with E-state index >= 15 is 0 Å². The number of aromatic amines is 1. The molecule has 1 N–H and O–H groups in total. The summed E-state index contributed by atoms with van der Waals surface area (Å²) in [5.41, 5.74) is 3.70. The van der Waals surface area contributed by atoms with Gasteiger partial charge in [0, 0.05) is 25.5 Å². The number of pyridine rings is 1. The van der Waals surface area contributed by atoms with Crippen molar-refractivity contribution in [1.29, 1.82) is 0 Å². The highest BCUT2D eigenvalue weighted by atomic mass is 32.2. The van der Waals surface area contributed by atoms with Gasteiger partial charge in [0.25, 0.3) is 5.56 Å². The van der Waals surface area contributed by atoms with Gasteiger partial charge in [-0.15, -0.1) is 0 Å². The maximum atomic E-state index is 12.0. The molecular formula is C15H17N3O3S. The molecule has 0 radical (unpaired) electrons. The Balaban J connectivity index is 1.81. The van der Waals surface area contributed by atoms with Gasteiger partial charge in [-0.25, -0.2) is 0 Å². The van der Waals surface area contributed by atoms with Crippen LogP contribution in [0.4, 0.5) is 0 Å². The molecule has 1 aliphatic heterocycles. The Morgan fingerprint density at radius 1 is 1.50 bits per heavy atom. The van der Waals surface area contributed by atoms with E-state index in [9.17, 15) is 4.79 Å². The number of hydrogen-bond donors (Lipinski definition) is 1. The van der Waals surface area contributed by atoms with E-state index in [4.69, 9.17) is 9.47 Å². The van der Waals surface area contributed by atoms with Crippen LogP contribution < -0.4 is 10.3 Å². The van der Waals surface area contributed by atoms with Crippen LogP contribution in [0.3, 0.4) is 0 Å². The van der Waals surface area contributed by atoms with Crippen LogP contribution in [0.2, 0.25) is 0 Å². The van der Waals surface area contributed by atoms with E-state index in [2.05, 4.69) is 15.0 Å². The zero-order chi connectivity index (χ0) is 15.5. The van der Waals surface area contributed by atoms with Crippen molar-refractivity contribution in [3.8, 4) is 5.88 Å². The topological polar surface area (TPSA) is 77.1 Å². The molecule has 1 aliphatic rings. The molecule has 3 heterocycles. The fourth-order valence-electron chi connectivity index (χ4n) is 2.36. The lowest BCUT2D eigenvalue weighted by Crippen LogP contribution is -2.12. The van der Waals surface area contributed by atoms with E-state index < -0.39 is 0 Å². The molecule has 6 nitrogen and oxygen atoms in total. The summed E-state index contributed by atoms with van der Waals surface area (Å²) in [6.45, 7) is 3.03. The van der Waals surface area contributed by atoms with Crippen LogP contribution >= 0.6 is 11.8 Å². The minimum atomic E-state index is -0.106. The number of methoxy groups -OCH3 is 1. The molecule has 0 unspecified atom stereocenters. The van der Waals surface area contributed by atoms with Gasteiger partial charge in [0.05, 0.1) is 24.5 Å². The number of nitrogens with one attached hydrogen (secondary N) is 1. The Labute approximate surface area is 132 Å². The quantitative estimate of drug-likeness (QED) is 0.669. The van der Waals surface area contributed by atoms with Gasteiger partial charge in [0.15, 0.2) is 5.16 Å². The summed E-state index contributed by atoms with van der Waals surface area (Å²) in [5, 5.41) is 0.567. The van der Waals surface area contributed by atoms with Crippen LogP contribution in [-0.2, 0) is 23.5 Å². The third-order valence-corrected chi connectivity index (χ3v) is 4.46. The highest BCUT2D eigenvalue weighted by Crippen LogP contribution is 2.26. The summed E-state index contributed by atoms with van der Waals surface area (Å²) >= 11 is 1.47. The molecule has 3 rings (SSSR count). The maximum Gasteiger partial charge on any atom is 0.258 e. The number of thioether (sulfide) groups is 1. The van der Waals surface area contributed by atoms with Crippen molar-refractivity contribution >= 4 is 11.8 Å². The minimum absolute atomic E-state index is 0.106. The van der Waals surface area contributed by atoms with Crippen LogP contribution in [0.15, 0.2) is 22.2 Å². The SMILES string of the molecule is COCc1nccc(C)c1CSc1nc2c(c(=O)[nH]1)CCO2. The second kappa shape index (κ2) is 6.50. The molecule has 0 bridgehead atoms. The average molecular weight is 319 g/mol. The summed E-state index contributed by atoms with van der Waals surface area (Å²) in [6, 6.07) is 1.97. The van der Waals surface area contributed by atoms with E-state index in [0.717, 1.165) is 16.8 Å². The number of aryl methyl sites for hydroxylation is 1. The maximum absolute atomic E-state index is 12.0. The molecule has 0 amide bonds. The van der Waals surface area contributed by atoms with E-state index in [-0.39, 0.29) is 5.56 Å². The molecule has 0 atom stereocenters. The molecule has 116 valence electrons. The number of rotatable bonds is 5. The molecule has 0 aromatic carbocycles. The molecule has 2 aromatic heterocycles. The normalized spacial score (nSPS) is 13.0. The van der Waals surface area contributed by atoms with Crippen molar-refractivity contribution in [2.45, 2.75) is 30.9 Å². The second-order valence-corrected chi connectivity index (χ2v) is 5.99. The number of H-pyrrole nitrogens is 1. The zero-order valence-corrected chi connectivity index (χ0v) is 13.3. The Bertz CT molecular complexity index is 745. The van der Waals surface area contributed by atoms with Crippen LogP contribution in [0.5, 0.6) is 5.88 Å². The summed E-state index contributed by atoms with van der Waals surface area (Å²) in [5.74, 6) is 1.13. The molecular weight excluding hydrogens is 302 g/mol. The number of aromatic nitrogens is 3. The van der Waals surface area contributed by atoms with Gasteiger partial charge in [-0.05, 0) is 24.1 Å². The van der Waals surface area contributed by atoms with Gasteiger partial charge in [0.1, 0.15) is 0 Å². The first kappa shape index (κ1) is 15.1. The number of ether oxygens (including phenoxy) is 2. The lowest BCUT2D eigenvalue weighted by Gasteiger charge is -2.10. The Morgan fingerprint density at radius 2 is 2.36 bits per heavy atom. The van der Waals surface area contributed by atoms with Crippen LogP contribution in [0.1, 0.15) is 22.4 Å². The van der Waals surface area contributed by atoms with Gasteiger partial charge in [-0.1, -0.05) is 11.8 Å². The van der Waals surface area contributed by atoms with E-state index in [0.29, 0.717) is 42.0 Å². The highest BCUT2D eigenvalue weighted by molar-refractivity contribution is 7.98. The molecule has 22 heavy (non-hydrogen) atoms. The third-order valence-electron chi connectivity index (χ3n) is 3.56. The molecule has 2 aromatic rings. The number of nitrogens with zero attached hydrogens (tertiary/aromatic N) is 2. The van der Waals surface area contributed by atoms with Crippen LogP contribution in [0.25, 0.3) is 0 Å². The van der Waals surface area contributed by atoms with E-state index in [1.807, 2.05) is 13.0 Å². The first-order valence-electron chi connectivity index (χ1n) is 7.00. The second-order valence-electron chi connectivity index (χ2n) is 5.03. The van der Waals surface area contributed by atoms with Crippen molar-refractivity contribution < 1.29 is 9.47 Å². The predicted molar refractivity (Wildman–Crippen MR) is 83.3 cm³/mol. The molecule has 7 heteroatoms. The standard InChI is InChI=1S/C15H17N3O3S/c1-9-3-5-16-12(7-20-2)11(9)8-22-15-17-13(19)10-4-6-21-14(10)18-15/h3,5H,4,6-8H2,1-2H3,(H,17,18,19). The minimum Gasteiger partial charge on any atom is -0.477 e. The largest absolute Gasteiger partial charge is 0.477 e. The first-order chi connectivity index (χ1) is 10.7. The van der Waals surface area contributed by atoms with Gasteiger partial charge < -0.3 is 14.5 Å². The van der Waals surface area contributed by atoms with Crippen LogP contribution in [-0.4, -0.2) is 28.7 Å². The summed E-state index contributed by atoms with van der Waals surface area (Å²) in [7, 11) is 1.65. The fourth-order valence-corrected chi connectivity index (χ4v) is 3.35. The lowest BCUT2D eigenvalue weighted by atomic mass is 10.1. The van der Waals surface area contributed by atoms with Crippen molar-refractivity contribution in [2.24, 2.45) is 0 Å². The van der Waals surface area contributed by atoms with Gasteiger partial charge in [0.2, 0.25) is 5.88 Å². The molecule has 0 fully saturated rings. The molecule has 0 saturated heterocycles. The van der Waals surface area contributed by atoms with Gasteiger partial charge in [-0.2, -0.15) is 4.98 Å². The summed E-state index contributed by atoms with van der Waals surface area (Å²) in [4.78, 5) is 23.5. The lowest BCUT2D eigenvalue weighted by molar-refractivity contribution is 0.181. The Morgan fingerprint density at radius 3 is 3.18 bits per heavy atom. The van der Waals surface area contributed by atoms with Crippen LogP contribution in [0, 0.1) is 6.92 Å². The van der Waals surface area contributed by atoms with Crippen molar-refractivity contribution in [3.63, 3.8) is 0 Å². The van der Waals surface area contributed by atoms with E-state index in [1.54, 1.807) is 13.3 Å². The Hall–Kier alpha value is -1.86. The summed E-state index contributed by atoms with van der Waals surface area (Å²) < 4.78 is 10.6. The monoisotopic (exact) mass is 319 g/mol. The summed E-state index contributed by atoms with van der Waals surface area (Å²) in [6.07, 6.45) is 2.41. The van der Waals surface area contributed by atoms with Crippen molar-refractivity contribution in [1.82, 2.24) is 15.0 Å². The number of fused-ring (bicyclic) bond motifs is 1. The van der Waals surface area contributed by atoms with Crippen molar-refractivity contribution in [3.05, 3.63) is 45.0 Å². The van der Waals surface area contributed by atoms with Gasteiger partial charge in [-0.3, -0.25) is 9.78 Å².